The summed E-state index contributed by atoms with van der Waals surface area (Å²) < 4.78 is 13.6. The van der Waals surface area contributed by atoms with Crippen molar-refractivity contribution in [3.63, 3.8) is 0 Å². The van der Waals surface area contributed by atoms with E-state index in [1.807, 2.05) is 25.7 Å². The Morgan fingerprint density at radius 1 is 0.947 bits per heavy atom. The van der Waals surface area contributed by atoms with E-state index in [-0.39, 0.29) is 12.0 Å². The predicted octanol–water partition coefficient (Wildman–Crippen LogP) is 3.84. The van der Waals surface area contributed by atoms with Crippen LogP contribution in [0.25, 0.3) is 5.78 Å². The molecule has 3 fully saturated rings. The quantitative estimate of drug-likeness (QED) is 0.507. The molecule has 1 atom stereocenters. The Morgan fingerprint density at radius 2 is 1.68 bits per heavy atom. The molecule has 2 aliphatic heterocycles. The number of anilines is 1. The smallest absolute Gasteiger partial charge is 0.253 e. The number of aryl methyl sites for hydroxylation is 3. The summed E-state index contributed by atoms with van der Waals surface area (Å²) in [5, 5.41) is 4.46. The van der Waals surface area contributed by atoms with Gasteiger partial charge < -0.3 is 19.3 Å². The number of hydrogen-bond donors (Lipinski definition) is 0. The molecule has 9 nitrogen and oxygen atoms in total. The predicted molar refractivity (Wildman–Crippen MR) is 145 cm³/mol. The number of hydrogen-bond acceptors (Lipinski definition) is 7. The maximum atomic E-state index is 12.9. The molecule has 38 heavy (non-hydrogen) atoms. The highest BCUT2D eigenvalue weighted by Crippen LogP contribution is 2.37. The first-order valence-corrected chi connectivity index (χ1v) is 14.0. The second-order valence-corrected chi connectivity index (χ2v) is 11.0. The summed E-state index contributed by atoms with van der Waals surface area (Å²) in [6, 6.07) is 9.09. The molecule has 3 aromatic rings. The second kappa shape index (κ2) is 10.5. The monoisotopic (exact) mass is 518 g/mol. The molecule has 9 heteroatoms. The van der Waals surface area contributed by atoms with Crippen LogP contribution in [0.1, 0.15) is 60.8 Å². The summed E-state index contributed by atoms with van der Waals surface area (Å²) in [4.78, 5) is 26.3. The van der Waals surface area contributed by atoms with Gasteiger partial charge in [0, 0.05) is 37.7 Å². The summed E-state index contributed by atoms with van der Waals surface area (Å²) in [7, 11) is 0. The van der Waals surface area contributed by atoms with Gasteiger partial charge in [0.05, 0.1) is 31.1 Å². The lowest BCUT2D eigenvalue weighted by Crippen LogP contribution is -2.44. The Labute approximate surface area is 224 Å². The average Bonchev–Trinajstić information content (AvgIpc) is 3.57. The summed E-state index contributed by atoms with van der Waals surface area (Å²) >= 11 is 0. The third-order valence-corrected chi connectivity index (χ3v) is 8.50. The second-order valence-electron chi connectivity index (χ2n) is 11.0. The summed E-state index contributed by atoms with van der Waals surface area (Å²) in [5.74, 6) is 3.21. The van der Waals surface area contributed by atoms with Gasteiger partial charge in [0.15, 0.2) is 5.75 Å². The van der Waals surface area contributed by atoms with Gasteiger partial charge in [0.2, 0.25) is 5.91 Å². The van der Waals surface area contributed by atoms with Crippen LogP contribution >= 0.6 is 0 Å². The molecule has 202 valence electrons. The van der Waals surface area contributed by atoms with Crippen LogP contribution in [0.4, 0.5) is 5.69 Å². The summed E-state index contributed by atoms with van der Waals surface area (Å²) in [5.41, 5.74) is 4.43. The fraction of sp³-hybridized carbons (Fsp3) is 0.586. The molecule has 0 spiro atoms. The lowest BCUT2D eigenvalue weighted by molar-refractivity contribution is -0.140. The number of carbonyl (C=O) groups is 1. The third-order valence-electron chi connectivity index (χ3n) is 8.50. The van der Waals surface area contributed by atoms with Gasteiger partial charge >= 0.3 is 0 Å². The fourth-order valence-corrected chi connectivity index (χ4v) is 6.33. The van der Waals surface area contributed by atoms with Crippen molar-refractivity contribution in [2.75, 3.05) is 44.3 Å². The molecule has 0 unspecified atom stereocenters. The Kier molecular flexibility index (Phi) is 6.95. The number of morpholine rings is 1. The molecule has 1 aromatic carbocycles. The molecule has 4 heterocycles. The van der Waals surface area contributed by atoms with Crippen LogP contribution in [-0.2, 0) is 9.53 Å². The van der Waals surface area contributed by atoms with Crippen molar-refractivity contribution in [2.45, 2.75) is 64.9 Å². The van der Waals surface area contributed by atoms with Crippen molar-refractivity contribution in [1.82, 2.24) is 24.5 Å². The molecule has 0 radical (unpaired) electrons. The first-order chi connectivity index (χ1) is 18.5. The minimum Gasteiger partial charge on any atom is -0.485 e. The Morgan fingerprint density at radius 3 is 2.42 bits per heavy atom. The topological polar surface area (TPSA) is 85.1 Å². The number of fused-ring (bicyclic) bond motifs is 1. The van der Waals surface area contributed by atoms with E-state index in [1.165, 1.54) is 11.3 Å². The van der Waals surface area contributed by atoms with E-state index in [0.717, 1.165) is 75.4 Å². The van der Waals surface area contributed by atoms with Gasteiger partial charge in [-0.05, 0) is 70.1 Å². The largest absolute Gasteiger partial charge is 0.485 e. The van der Waals surface area contributed by atoms with Crippen LogP contribution in [0.5, 0.6) is 5.75 Å². The standard InChI is InChI=1S/C29H38N6O3/c1-19-27(20(2)35-29(30-19)31-21(3)32-35)38-26-12-13-34(18-26)25-10-8-23(9-11-25)22-4-6-24(7-5-22)28(36)33-14-16-37-17-15-33/h8-11,22,24,26H,4-7,12-18H2,1-3H3/t22?,24?,26-/m1/s1. The van der Waals surface area contributed by atoms with Gasteiger partial charge in [-0.3, -0.25) is 4.79 Å². The van der Waals surface area contributed by atoms with E-state index in [2.05, 4.69) is 44.2 Å². The molecule has 0 N–H and O–H groups in total. The van der Waals surface area contributed by atoms with E-state index < -0.39 is 0 Å². The minimum absolute atomic E-state index is 0.107. The van der Waals surface area contributed by atoms with Crippen molar-refractivity contribution < 1.29 is 14.3 Å². The molecule has 6 rings (SSSR count). The van der Waals surface area contributed by atoms with E-state index in [0.29, 0.717) is 36.6 Å². The van der Waals surface area contributed by atoms with Crippen molar-refractivity contribution in [1.29, 1.82) is 0 Å². The van der Waals surface area contributed by atoms with Crippen molar-refractivity contribution in [3.05, 3.63) is 47.0 Å². The highest BCUT2D eigenvalue weighted by molar-refractivity contribution is 5.79. The molecular formula is C29H38N6O3. The molecule has 2 aromatic heterocycles. The van der Waals surface area contributed by atoms with Crippen LogP contribution < -0.4 is 9.64 Å². The van der Waals surface area contributed by atoms with E-state index in [9.17, 15) is 4.79 Å². The normalized spacial score (nSPS) is 24.2. The Hall–Kier alpha value is -3.20. The average molecular weight is 519 g/mol. The van der Waals surface area contributed by atoms with Gasteiger partial charge in [0.1, 0.15) is 11.9 Å². The first-order valence-electron chi connectivity index (χ1n) is 14.0. The number of ether oxygens (including phenoxy) is 2. The van der Waals surface area contributed by atoms with Crippen molar-refractivity contribution in [2.24, 2.45) is 5.92 Å². The SMILES string of the molecule is Cc1nc2nc(C)c(O[C@@H]3CCN(c4ccc(C5CCC(C(=O)N6CCOCC6)CC5)cc4)C3)c(C)n2n1. The van der Waals surface area contributed by atoms with Gasteiger partial charge in [-0.2, -0.15) is 9.50 Å². The fourth-order valence-electron chi connectivity index (χ4n) is 6.33. The van der Waals surface area contributed by atoms with Crippen LogP contribution in [-0.4, -0.2) is 75.9 Å². The van der Waals surface area contributed by atoms with Crippen LogP contribution in [0.15, 0.2) is 24.3 Å². The molecular weight excluding hydrogens is 480 g/mol. The van der Waals surface area contributed by atoms with Gasteiger partial charge in [-0.1, -0.05) is 12.1 Å². The van der Waals surface area contributed by atoms with E-state index in [4.69, 9.17) is 9.47 Å². The highest BCUT2D eigenvalue weighted by Gasteiger charge is 2.31. The third kappa shape index (κ3) is 4.96. The molecule has 1 aliphatic carbocycles. The zero-order valence-corrected chi connectivity index (χ0v) is 22.7. The first kappa shape index (κ1) is 25.1. The van der Waals surface area contributed by atoms with Crippen LogP contribution in [0, 0.1) is 26.7 Å². The molecule has 0 bridgehead atoms. The maximum Gasteiger partial charge on any atom is 0.253 e. The molecule has 3 aliphatic rings. The number of rotatable bonds is 5. The van der Waals surface area contributed by atoms with E-state index >= 15 is 0 Å². The lowest BCUT2D eigenvalue weighted by Gasteiger charge is -2.34. The maximum absolute atomic E-state index is 12.9. The van der Waals surface area contributed by atoms with Gasteiger partial charge in [0.25, 0.3) is 5.78 Å². The molecule has 2 saturated heterocycles. The van der Waals surface area contributed by atoms with Gasteiger partial charge in [-0.25, -0.2) is 4.98 Å². The van der Waals surface area contributed by atoms with Gasteiger partial charge in [-0.15, -0.1) is 5.10 Å². The summed E-state index contributed by atoms with van der Waals surface area (Å²) in [6.45, 7) is 10.5. The van der Waals surface area contributed by atoms with Crippen LogP contribution in [0.3, 0.4) is 0 Å². The van der Waals surface area contributed by atoms with E-state index in [1.54, 1.807) is 4.52 Å². The number of nitrogens with zero attached hydrogens (tertiary/aromatic N) is 6. The lowest BCUT2D eigenvalue weighted by atomic mass is 9.78. The summed E-state index contributed by atoms with van der Waals surface area (Å²) in [6.07, 6.45) is 5.22. The minimum atomic E-state index is 0.107. The number of benzene rings is 1. The number of amides is 1. The highest BCUT2D eigenvalue weighted by atomic mass is 16.5. The zero-order chi connectivity index (χ0) is 26.2. The van der Waals surface area contributed by atoms with Crippen LogP contribution in [0.2, 0.25) is 0 Å². The Balaban J connectivity index is 1.04. The van der Waals surface area contributed by atoms with Crippen molar-refractivity contribution in [3.8, 4) is 5.75 Å². The number of carbonyl (C=O) groups excluding carboxylic acids is 1. The zero-order valence-electron chi connectivity index (χ0n) is 22.7. The Bertz CT molecular complexity index is 1290. The number of aromatic nitrogens is 4. The van der Waals surface area contributed by atoms with Crippen molar-refractivity contribution >= 4 is 17.4 Å². The molecule has 1 amide bonds. The molecule has 1 saturated carbocycles.